The molecule has 1 aromatic rings. The summed E-state index contributed by atoms with van der Waals surface area (Å²) in [5.74, 6) is -0.670. The van der Waals surface area contributed by atoms with Gasteiger partial charge in [-0.25, -0.2) is 14.8 Å². The van der Waals surface area contributed by atoms with Crippen LogP contribution in [-0.2, 0) is 4.79 Å². The third-order valence-electron chi connectivity index (χ3n) is 2.00. The quantitative estimate of drug-likeness (QED) is 0.781. The zero-order valence-electron chi connectivity index (χ0n) is 9.01. The number of rotatable bonds is 4. The lowest BCUT2D eigenvalue weighted by Gasteiger charge is -2.17. The van der Waals surface area contributed by atoms with Crippen LogP contribution in [0.25, 0.3) is 0 Å². The molecule has 0 aromatic carbocycles. The van der Waals surface area contributed by atoms with Gasteiger partial charge in [0.05, 0.1) is 12.4 Å². The van der Waals surface area contributed by atoms with Crippen LogP contribution in [-0.4, -0.2) is 27.1 Å². The fourth-order valence-electron chi connectivity index (χ4n) is 1.13. The third kappa shape index (κ3) is 2.92. The molecule has 0 aliphatic rings. The fourth-order valence-corrected chi connectivity index (χ4v) is 1.13. The number of hydrogen-bond donors (Lipinski definition) is 2. The highest BCUT2D eigenvalue weighted by Gasteiger charge is 2.21. The van der Waals surface area contributed by atoms with Gasteiger partial charge in [-0.1, -0.05) is 13.8 Å². The standard InChI is InChI=1S/C10H12N4O2/c1-6(2)9(10(15)16)14-8-5-12-7(3-11)4-13-8/h4-6,9H,1-2H3,(H,13,14)(H,15,16)/t9-/m0/s1. The summed E-state index contributed by atoms with van der Waals surface area (Å²) in [7, 11) is 0. The molecule has 0 fully saturated rings. The Bertz CT molecular complexity index is 408. The molecule has 0 bridgehead atoms. The fraction of sp³-hybridized carbons (Fsp3) is 0.400. The van der Waals surface area contributed by atoms with Gasteiger partial charge in [0.15, 0.2) is 5.69 Å². The van der Waals surface area contributed by atoms with Crippen molar-refractivity contribution in [2.45, 2.75) is 19.9 Å². The molecular formula is C10H12N4O2. The second-order valence-corrected chi connectivity index (χ2v) is 3.60. The average molecular weight is 220 g/mol. The molecule has 0 saturated carbocycles. The van der Waals surface area contributed by atoms with Crippen LogP contribution in [0.3, 0.4) is 0 Å². The van der Waals surface area contributed by atoms with E-state index >= 15 is 0 Å². The van der Waals surface area contributed by atoms with Gasteiger partial charge in [-0.2, -0.15) is 5.26 Å². The Hall–Kier alpha value is -2.16. The van der Waals surface area contributed by atoms with Gasteiger partial charge in [-0.3, -0.25) is 0 Å². The topological polar surface area (TPSA) is 98.9 Å². The lowest BCUT2D eigenvalue weighted by atomic mass is 10.1. The van der Waals surface area contributed by atoms with Crippen LogP contribution in [0.2, 0.25) is 0 Å². The summed E-state index contributed by atoms with van der Waals surface area (Å²) in [4.78, 5) is 18.6. The maximum absolute atomic E-state index is 10.9. The van der Waals surface area contributed by atoms with Gasteiger partial charge >= 0.3 is 5.97 Å². The third-order valence-corrected chi connectivity index (χ3v) is 2.00. The lowest BCUT2D eigenvalue weighted by molar-refractivity contribution is -0.138. The van der Waals surface area contributed by atoms with Crippen molar-refractivity contribution in [1.29, 1.82) is 5.26 Å². The number of carboxylic acid groups (broad SMARTS) is 1. The predicted octanol–water partition coefficient (Wildman–Crippen LogP) is 0.869. The molecule has 0 amide bonds. The minimum absolute atomic E-state index is 0.0741. The molecule has 0 aliphatic carbocycles. The van der Waals surface area contributed by atoms with E-state index in [9.17, 15) is 4.79 Å². The highest BCUT2D eigenvalue weighted by molar-refractivity contribution is 5.77. The number of aromatic nitrogens is 2. The van der Waals surface area contributed by atoms with Gasteiger partial charge in [0.25, 0.3) is 0 Å². The summed E-state index contributed by atoms with van der Waals surface area (Å²) in [6.07, 6.45) is 2.64. The van der Waals surface area contributed by atoms with Gasteiger partial charge in [0, 0.05) is 0 Å². The summed E-state index contributed by atoms with van der Waals surface area (Å²) >= 11 is 0. The summed E-state index contributed by atoms with van der Waals surface area (Å²) in [6, 6.07) is 1.12. The predicted molar refractivity (Wildman–Crippen MR) is 56.6 cm³/mol. The molecular weight excluding hydrogens is 208 g/mol. The minimum atomic E-state index is -0.943. The summed E-state index contributed by atoms with van der Waals surface area (Å²) < 4.78 is 0. The first kappa shape index (κ1) is 11.9. The molecule has 6 heteroatoms. The Morgan fingerprint density at radius 3 is 2.56 bits per heavy atom. The zero-order valence-corrected chi connectivity index (χ0v) is 9.01. The van der Waals surface area contributed by atoms with Gasteiger partial charge in [-0.15, -0.1) is 0 Å². The second kappa shape index (κ2) is 5.07. The highest BCUT2D eigenvalue weighted by atomic mass is 16.4. The van der Waals surface area contributed by atoms with E-state index in [0.717, 1.165) is 0 Å². The minimum Gasteiger partial charge on any atom is -0.480 e. The van der Waals surface area contributed by atoms with E-state index in [4.69, 9.17) is 10.4 Å². The van der Waals surface area contributed by atoms with Crippen LogP contribution >= 0.6 is 0 Å². The van der Waals surface area contributed by atoms with Crippen LogP contribution in [0.1, 0.15) is 19.5 Å². The Morgan fingerprint density at radius 1 is 1.50 bits per heavy atom. The number of carboxylic acids is 1. The van der Waals surface area contributed by atoms with Crippen molar-refractivity contribution in [2.75, 3.05) is 5.32 Å². The van der Waals surface area contributed by atoms with E-state index in [1.165, 1.54) is 12.4 Å². The van der Waals surface area contributed by atoms with Gasteiger partial charge in [-0.05, 0) is 5.92 Å². The first-order valence-electron chi connectivity index (χ1n) is 4.76. The van der Waals surface area contributed by atoms with Crippen LogP contribution in [0.5, 0.6) is 0 Å². The molecule has 6 nitrogen and oxygen atoms in total. The van der Waals surface area contributed by atoms with E-state index in [-0.39, 0.29) is 11.6 Å². The molecule has 0 aliphatic heterocycles. The van der Waals surface area contributed by atoms with Crippen molar-refractivity contribution >= 4 is 11.8 Å². The van der Waals surface area contributed by atoms with Crippen molar-refractivity contribution in [3.05, 3.63) is 18.1 Å². The van der Waals surface area contributed by atoms with Crippen LogP contribution in [0, 0.1) is 17.2 Å². The first-order chi connectivity index (χ1) is 7.54. The molecule has 16 heavy (non-hydrogen) atoms. The monoisotopic (exact) mass is 220 g/mol. The van der Waals surface area contributed by atoms with Gasteiger partial charge in [0.1, 0.15) is 17.9 Å². The molecule has 1 heterocycles. The van der Waals surface area contributed by atoms with Crippen molar-refractivity contribution in [3.8, 4) is 6.07 Å². The number of nitrogens with one attached hydrogen (secondary N) is 1. The maximum Gasteiger partial charge on any atom is 0.326 e. The van der Waals surface area contributed by atoms with Gasteiger partial charge in [0.2, 0.25) is 0 Å². The van der Waals surface area contributed by atoms with Gasteiger partial charge < -0.3 is 10.4 Å². The van der Waals surface area contributed by atoms with Crippen molar-refractivity contribution in [2.24, 2.45) is 5.92 Å². The summed E-state index contributed by atoms with van der Waals surface area (Å²) in [5.41, 5.74) is 0.196. The average Bonchev–Trinajstić information content (AvgIpc) is 2.25. The first-order valence-corrected chi connectivity index (χ1v) is 4.76. The number of aliphatic carboxylic acids is 1. The van der Waals surface area contributed by atoms with Crippen LogP contribution < -0.4 is 5.32 Å². The maximum atomic E-state index is 10.9. The number of nitriles is 1. The molecule has 2 N–H and O–H groups in total. The Kier molecular flexibility index (Phi) is 3.78. The summed E-state index contributed by atoms with van der Waals surface area (Å²) in [5, 5.41) is 20.2. The Labute approximate surface area is 93.0 Å². The SMILES string of the molecule is CC(C)[C@H](Nc1cnc(C#N)cn1)C(=O)O. The highest BCUT2D eigenvalue weighted by Crippen LogP contribution is 2.09. The molecule has 1 atom stereocenters. The normalized spacial score (nSPS) is 11.9. The largest absolute Gasteiger partial charge is 0.480 e. The van der Waals surface area contributed by atoms with E-state index in [1.807, 2.05) is 6.07 Å². The van der Waals surface area contributed by atoms with E-state index < -0.39 is 12.0 Å². The smallest absolute Gasteiger partial charge is 0.326 e. The lowest BCUT2D eigenvalue weighted by Crippen LogP contribution is -2.34. The molecule has 84 valence electrons. The zero-order chi connectivity index (χ0) is 12.1. The number of carbonyl (C=O) groups is 1. The van der Waals surface area contributed by atoms with Crippen molar-refractivity contribution in [1.82, 2.24) is 9.97 Å². The van der Waals surface area contributed by atoms with Crippen molar-refractivity contribution < 1.29 is 9.90 Å². The molecule has 1 rings (SSSR count). The molecule has 0 spiro atoms. The van der Waals surface area contributed by atoms with E-state index in [2.05, 4.69) is 15.3 Å². The Balaban J connectivity index is 2.78. The van der Waals surface area contributed by atoms with Crippen LogP contribution in [0.15, 0.2) is 12.4 Å². The molecule has 0 radical (unpaired) electrons. The van der Waals surface area contributed by atoms with E-state index in [1.54, 1.807) is 13.8 Å². The molecule has 0 unspecified atom stereocenters. The summed E-state index contributed by atoms with van der Waals surface area (Å²) in [6.45, 7) is 3.59. The Morgan fingerprint density at radius 2 is 2.19 bits per heavy atom. The van der Waals surface area contributed by atoms with Crippen molar-refractivity contribution in [3.63, 3.8) is 0 Å². The number of nitrogens with zero attached hydrogens (tertiary/aromatic N) is 3. The molecule has 1 aromatic heterocycles. The van der Waals surface area contributed by atoms with Crippen LogP contribution in [0.4, 0.5) is 5.82 Å². The molecule has 0 saturated heterocycles. The second-order valence-electron chi connectivity index (χ2n) is 3.60. The number of hydrogen-bond acceptors (Lipinski definition) is 5. The van der Waals surface area contributed by atoms with E-state index in [0.29, 0.717) is 5.82 Å². The number of anilines is 1.